The van der Waals surface area contributed by atoms with E-state index in [-0.39, 0.29) is 0 Å². The molecule has 0 amide bonds. The summed E-state index contributed by atoms with van der Waals surface area (Å²) in [6.45, 7) is 0. The van der Waals surface area contributed by atoms with E-state index in [2.05, 4.69) is 11.1 Å². The lowest BCUT2D eigenvalue weighted by atomic mass is 10.2. The average Bonchev–Trinajstić information content (AvgIpc) is 2.82. The maximum Gasteiger partial charge on any atom is 0.140 e. The van der Waals surface area contributed by atoms with E-state index in [9.17, 15) is 5.26 Å². The molecule has 0 unspecified atom stereocenters. The highest BCUT2D eigenvalue weighted by Crippen LogP contribution is 2.24. The molecule has 4 aromatic rings. The SMILES string of the molecule is Cn1c2ccccc2n2c(=N)c3cccnc3c(C#N)c12. The van der Waals surface area contributed by atoms with Crippen molar-refractivity contribution in [3.05, 3.63) is 53.6 Å². The minimum Gasteiger partial charge on any atom is -0.328 e. The van der Waals surface area contributed by atoms with Gasteiger partial charge in [0.05, 0.1) is 16.6 Å². The number of pyridine rings is 2. The van der Waals surface area contributed by atoms with E-state index in [4.69, 9.17) is 5.41 Å². The van der Waals surface area contributed by atoms with Crippen LogP contribution in [0.1, 0.15) is 5.56 Å². The Balaban J connectivity index is 2.50. The average molecular weight is 273 g/mol. The van der Waals surface area contributed by atoms with Gasteiger partial charge in [-0.25, -0.2) is 0 Å². The normalized spacial score (nSPS) is 11.2. The van der Waals surface area contributed by atoms with Crippen LogP contribution in [-0.4, -0.2) is 14.0 Å². The highest BCUT2D eigenvalue weighted by Gasteiger charge is 2.16. The molecule has 0 fully saturated rings. The largest absolute Gasteiger partial charge is 0.328 e. The van der Waals surface area contributed by atoms with Crippen LogP contribution in [0.5, 0.6) is 0 Å². The molecule has 0 aliphatic carbocycles. The first-order chi connectivity index (χ1) is 10.2. The van der Waals surface area contributed by atoms with Crippen LogP contribution < -0.4 is 5.49 Å². The highest BCUT2D eigenvalue weighted by atomic mass is 15.1. The smallest absolute Gasteiger partial charge is 0.140 e. The van der Waals surface area contributed by atoms with Gasteiger partial charge in [0.25, 0.3) is 0 Å². The van der Waals surface area contributed by atoms with Crippen LogP contribution in [0.2, 0.25) is 0 Å². The van der Waals surface area contributed by atoms with Crippen LogP contribution in [0.25, 0.3) is 27.6 Å². The van der Waals surface area contributed by atoms with Crippen LogP contribution in [0.4, 0.5) is 0 Å². The first kappa shape index (κ1) is 11.7. The Labute approximate surface area is 119 Å². The second-order valence-corrected chi connectivity index (χ2v) is 4.94. The van der Waals surface area contributed by atoms with Gasteiger partial charge in [-0.3, -0.25) is 14.8 Å². The van der Waals surface area contributed by atoms with Crippen molar-refractivity contribution < 1.29 is 0 Å². The molecule has 3 heterocycles. The van der Waals surface area contributed by atoms with Gasteiger partial charge in [-0.2, -0.15) is 5.26 Å². The Morgan fingerprint density at radius 3 is 2.67 bits per heavy atom. The van der Waals surface area contributed by atoms with E-state index in [1.165, 1.54) is 0 Å². The van der Waals surface area contributed by atoms with Gasteiger partial charge in [0.15, 0.2) is 0 Å². The lowest BCUT2D eigenvalue weighted by Crippen LogP contribution is -2.15. The molecule has 0 bridgehead atoms. The minimum atomic E-state index is 0.351. The number of rotatable bonds is 0. The Morgan fingerprint density at radius 2 is 1.90 bits per heavy atom. The van der Waals surface area contributed by atoms with E-state index in [0.717, 1.165) is 11.0 Å². The van der Waals surface area contributed by atoms with E-state index < -0.39 is 0 Å². The van der Waals surface area contributed by atoms with E-state index in [1.54, 1.807) is 12.3 Å². The number of hydrogen-bond donors (Lipinski definition) is 1. The van der Waals surface area contributed by atoms with Crippen LogP contribution in [-0.2, 0) is 7.05 Å². The zero-order chi connectivity index (χ0) is 14.6. The number of hydrogen-bond acceptors (Lipinski definition) is 3. The van der Waals surface area contributed by atoms with Crippen molar-refractivity contribution in [1.82, 2.24) is 14.0 Å². The number of nitriles is 1. The molecule has 1 aromatic carbocycles. The summed E-state index contributed by atoms with van der Waals surface area (Å²) in [5.41, 5.74) is 4.04. The predicted octanol–water partition coefficient (Wildman–Crippen LogP) is 2.33. The van der Waals surface area contributed by atoms with Gasteiger partial charge in [0.2, 0.25) is 0 Å². The van der Waals surface area contributed by atoms with Crippen molar-refractivity contribution in [2.45, 2.75) is 0 Å². The number of para-hydroxylation sites is 2. The molecule has 1 N–H and O–H groups in total. The second kappa shape index (κ2) is 3.93. The zero-order valence-corrected chi connectivity index (χ0v) is 11.3. The van der Waals surface area contributed by atoms with Crippen molar-refractivity contribution in [2.75, 3.05) is 0 Å². The van der Waals surface area contributed by atoms with Gasteiger partial charge in [-0.05, 0) is 24.3 Å². The fourth-order valence-electron chi connectivity index (χ4n) is 2.95. The maximum absolute atomic E-state index is 9.60. The first-order valence-electron chi connectivity index (χ1n) is 6.55. The Kier molecular flexibility index (Phi) is 2.19. The fourth-order valence-corrected chi connectivity index (χ4v) is 2.95. The monoisotopic (exact) mass is 273 g/mol. The molecule has 4 rings (SSSR count). The standard InChI is InChI=1S/C16H11N5/c1-20-12-6-2-3-7-13(12)21-15(18)10-5-4-8-19-14(10)11(9-17)16(20)21/h2-8,18H,1H3. The molecule has 0 atom stereocenters. The molecule has 0 radical (unpaired) electrons. The first-order valence-corrected chi connectivity index (χ1v) is 6.55. The van der Waals surface area contributed by atoms with Gasteiger partial charge < -0.3 is 4.57 Å². The summed E-state index contributed by atoms with van der Waals surface area (Å²) in [6, 6.07) is 13.7. The minimum absolute atomic E-state index is 0.351. The lowest BCUT2D eigenvalue weighted by molar-refractivity contribution is 0.961. The summed E-state index contributed by atoms with van der Waals surface area (Å²) in [5, 5.41) is 18.8. The molecule has 3 aromatic heterocycles. The molecule has 0 saturated carbocycles. The van der Waals surface area contributed by atoms with Crippen molar-refractivity contribution in [1.29, 1.82) is 10.7 Å². The number of nitrogens with zero attached hydrogens (tertiary/aromatic N) is 4. The topological polar surface area (TPSA) is 69.9 Å². The van der Waals surface area contributed by atoms with Gasteiger partial charge in [-0.1, -0.05) is 12.1 Å². The third-order valence-electron chi connectivity index (χ3n) is 3.87. The van der Waals surface area contributed by atoms with Crippen LogP contribution in [0.3, 0.4) is 0 Å². The summed E-state index contributed by atoms with van der Waals surface area (Å²) in [6.07, 6.45) is 1.65. The van der Waals surface area contributed by atoms with Crippen molar-refractivity contribution in [3.63, 3.8) is 0 Å². The fraction of sp³-hybridized carbons (Fsp3) is 0.0625. The summed E-state index contributed by atoms with van der Waals surface area (Å²) < 4.78 is 3.76. The summed E-state index contributed by atoms with van der Waals surface area (Å²) in [5.74, 6) is 0. The Morgan fingerprint density at radius 1 is 1.14 bits per heavy atom. The summed E-state index contributed by atoms with van der Waals surface area (Å²) >= 11 is 0. The molecule has 0 aliphatic heterocycles. The molecular formula is C16H11N5. The third-order valence-corrected chi connectivity index (χ3v) is 3.87. The van der Waals surface area contributed by atoms with E-state index in [0.29, 0.717) is 27.6 Å². The van der Waals surface area contributed by atoms with Gasteiger partial charge in [-0.15, -0.1) is 0 Å². The van der Waals surface area contributed by atoms with Crippen molar-refractivity contribution >= 4 is 27.6 Å². The molecule has 5 nitrogen and oxygen atoms in total. The van der Waals surface area contributed by atoms with Gasteiger partial charge >= 0.3 is 0 Å². The number of aromatic nitrogens is 3. The molecule has 0 saturated heterocycles. The lowest BCUT2D eigenvalue weighted by Gasteiger charge is -2.05. The Hall–Kier alpha value is -3.13. The maximum atomic E-state index is 9.60. The number of fused-ring (bicyclic) bond motifs is 4. The number of aryl methyl sites for hydroxylation is 1. The van der Waals surface area contributed by atoms with Crippen LogP contribution >= 0.6 is 0 Å². The summed E-state index contributed by atoms with van der Waals surface area (Å²) in [4.78, 5) is 4.31. The Bertz CT molecular complexity index is 1120. The van der Waals surface area contributed by atoms with Crippen molar-refractivity contribution in [3.8, 4) is 6.07 Å². The number of nitrogens with one attached hydrogen (secondary N) is 1. The molecule has 100 valence electrons. The molecule has 0 aliphatic rings. The third kappa shape index (κ3) is 1.33. The molecule has 0 spiro atoms. The van der Waals surface area contributed by atoms with Gasteiger partial charge in [0.1, 0.15) is 22.8 Å². The van der Waals surface area contributed by atoms with E-state index in [1.807, 2.05) is 46.3 Å². The quantitative estimate of drug-likeness (QED) is 0.534. The molecular weight excluding hydrogens is 262 g/mol. The number of benzene rings is 1. The van der Waals surface area contributed by atoms with Crippen LogP contribution in [0, 0.1) is 16.7 Å². The zero-order valence-electron chi connectivity index (χ0n) is 11.3. The predicted molar refractivity (Wildman–Crippen MR) is 79.7 cm³/mol. The molecule has 21 heavy (non-hydrogen) atoms. The van der Waals surface area contributed by atoms with Gasteiger partial charge in [0, 0.05) is 18.6 Å². The van der Waals surface area contributed by atoms with Crippen LogP contribution in [0.15, 0.2) is 42.6 Å². The van der Waals surface area contributed by atoms with Crippen molar-refractivity contribution in [2.24, 2.45) is 7.05 Å². The van der Waals surface area contributed by atoms with E-state index >= 15 is 0 Å². The number of imidazole rings is 1. The second-order valence-electron chi connectivity index (χ2n) is 4.94. The molecule has 5 heteroatoms. The highest BCUT2D eigenvalue weighted by molar-refractivity contribution is 5.93. The summed E-state index contributed by atoms with van der Waals surface area (Å²) in [7, 11) is 1.91.